The maximum Gasteiger partial charge on any atom is 4.00 e. The molecule has 0 saturated carbocycles. The summed E-state index contributed by atoms with van der Waals surface area (Å²) in [5.41, 5.74) is 0. The number of carbonyl (C=O) groups excluding carboxylic acids is 4. The number of rotatable bonds is 56. The Morgan fingerprint density at radius 2 is 0.312 bits per heavy atom. The van der Waals surface area contributed by atoms with Gasteiger partial charge in [-0.25, -0.2) is 0 Å². The van der Waals surface area contributed by atoms with E-state index in [0.717, 1.165) is 77.0 Å². The van der Waals surface area contributed by atoms with Gasteiger partial charge in [0.2, 0.25) is 0 Å². The average molecular weight is 1130 g/mol. The van der Waals surface area contributed by atoms with Gasteiger partial charge in [-0.2, -0.15) is 0 Å². The van der Waals surface area contributed by atoms with Crippen LogP contribution in [-0.2, 0) is 40.9 Å². The van der Waals surface area contributed by atoms with E-state index >= 15 is 0 Å². The number of hydrogen-bond acceptors (Lipinski definition) is 12. The van der Waals surface area contributed by atoms with Crippen LogP contribution in [0.1, 0.15) is 362 Å². The summed E-state index contributed by atoms with van der Waals surface area (Å²) in [5, 5.41) is 77.2. The molecule has 0 aliphatic heterocycles. The number of unbranched alkanes of at least 4 members (excludes halogenated alkanes) is 44. The minimum Gasteiger partial charge on any atom is -0.547 e. The Hall–Kier alpha value is -1.57. The van der Waals surface area contributed by atoms with Gasteiger partial charge in [-0.1, -0.05) is 336 Å². The van der Waals surface area contributed by atoms with E-state index in [-0.39, 0.29) is 21.7 Å². The summed E-state index contributed by atoms with van der Waals surface area (Å²) >= 11 is 0. The third kappa shape index (κ3) is 78.7. The molecule has 0 aromatic heterocycles. The average Bonchev–Trinajstić information content (AvgIpc) is 3.40. The van der Waals surface area contributed by atoms with Gasteiger partial charge < -0.3 is 60.0 Å². The van der Waals surface area contributed by atoms with Gasteiger partial charge in [-0.05, 0) is 25.7 Å². The molecule has 0 spiro atoms. The Morgan fingerprint density at radius 3 is 0.403 bits per heavy atom. The fourth-order valence-electron chi connectivity index (χ4n) is 9.19. The topological polar surface area (TPSA) is 241 Å². The minimum atomic E-state index is -1.34. The predicted molar refractivity (Wildman–Crippen MR) is 307 cm³/mol. The molecular formula is C64H124O12Ti. The normalized spacial score (nSPS) is 12.4. The summed E-state index contributed by atoms with van der Waals surface area (Å²) in [6, 6.07) is 0. The van der Waals surface area contributed by atoms with E-state index < -0.39 is 48.3 Å². The van der Waals surface area contributed by atoms with Crippen LogP contribution in [0.3, 0.4) is 0 Å². The van der Waals surface area contributed by atoms with Crippen LogP contribution in [0.5, 0.6) is 0 Å². The van der Waals surface area contributed by atoms with E-state index in [0.29, 0.717) is 25.7 Å². The zero-order valence-corrected chi connectivity index (χ0v) is 52.2. The largest absolute Gasteiger partial charge is 4.00 e. The van der Waals surface area contributed by atoms with Crippen LogP contribution in [0.25, 0.3) is 0 Å². The van der Waals surface area contributed by atoms with Crippen molar-refractivity contribution in [2.45, 2.75) is 386 Å². The SMILES string of the molecule is CCCCCCCCCCCCCCC(O)C(=O)[O-].CCCCCCCCCCCCCCC(O)C(=O)[O-].CCCCCCCCCCCCCCC(O)C(=O)[O-].CCCCCCCCCCCCCCC(O)C(=O)[O-].[Ti+4]. The number of carbonyl (C=O) groups is 4. The molecule has 0 aromatic carbocycles. The summed E-state index contributed by atoms with van der Waals surface area (Å²) in [5.74, 6) is -5.38. The first-order valence-corrected chi connectivity index (χ1v) is 32.3. The van der Waals surface area contributed by atoms with Gasteiger partial charge in [0.1, 0.15) is 0 Å². The van der Waals surface area contributed by atoms with Gasteiger partial charge in [0.25, 0.3) is 0 Å². The number of aliphatic hydroxyl groups excluding tert-OH is 4. The summed E-state index contributed by atoms with van der Waals surface area (Å²) in [7, 11) is 0. The van der Waals surface area contributed by atoms with Gasteiger partial charge >= 0.3 is 21.7 Å². The minimum absolute atomic E-state index is 0. The van der Waals surface area contributed by atoms with Crippen LogP contribution in [0, 0.1) is 0 Å². The monoisotopic (exact) mass is 1130 g/mol. The molecule has 0 amide bonds. The Kier molecular flexibility index (Phi) is 79.3. The molecule has 0 bridgehead atoms. The first-order valence-electron chi connectivity index (χ1n) is 32.3. The van der Waals surface area contributed by atoms with Crippen LogP contribution in [0.15, 0.2) is 0 Å². The van der Waals surface area contributed by atoms with E-state index in [1.54, 1.807) is 0 Å². The Morgan fingerprint density at radius 1 is 0.221 bits per heavy atom. The molecule has 77 heavy (non-hydrogen) atoms. The smallest absolute Gasteiger partial charge is 0.547 e. The summed E-state index contributed by atoms with van der Waals surface area (Å²) < 4.78 is 0. The third-order valence-corrected chi connectivity index (χ3v) is 14.4. The molecule has 13 heteroatoms. The molecule has 12 nitrogen and oxygen atoms in total. The fourth-order valence-corrected chi connectivity index (χ4v) is 9.19. The second-order valence-corrected chi connectivity index (χ2v) is 22.1. The fraction of sp³-hybridized carbons (Fsp3) is 0.938. The number of carboxylic acids is 4. The molecule has 0 rings (SSSR count). The maximum atomic E-state index is 10.3. The van der Waals surface area contributed by atoms with Crippen molar-refractivity contribution in [3.8, 4) is 0 Å². The van der Waals surface area contributed by atoms with Gasteiger partial charge in [-0.15, -0.1) is 0 Å². The van der Waals surface area contributed by atoms with E-state index in [2.05, 4.69) is 27.7 Å². The number of aliphatic carboxylic acids is 4. The second kappa shape index (κ2) is 72.4. The van der Waals surface area contributed by atoms with Crippen molar-refractivity contribution in [3.63, 3.8) is 0 Å². The molecule has 0 aliphatic carbocycles. The van der Waals surface area contributed by atoms with Crippen molar-refractivity contribution in [1.82, 2.24) is 0 Å². The standard InChI is InChI=1S/4C16H32O3.Ti/c4*1-2-3-4-5-6-7-8-9-10-11-12-13-14-15(17)16(18)19;/h4*15,17H,2-14H2,1H3,(H,18,19);/q;;;;+4/p-4. The summed E-state index contributed by atoms with van der Waals surface area (Å²) in [4.78, 5) is 41.1. The van der Waals surface area contributed by atoms with Crippen molar-refractivity contribution in [1.29, 1.82) is 0 Å². The zero-order chi connectivity index (χ0) is 57.4. The van der Waals surface area contributed by atoms with E-state index in [1.807, 2.05) is 0 Å². The first-order chi connectivity index (χ1) is 36.7. The van der Waals surface area contributed by atoms with Crippen molar-refractivity contribution in [3.05, 3.63) is 0 Å². The van der Waals surface area contributed by atoms with Gasteiger partial charge in [0.05, 0.1) is 48.3 Å². The Bertz CT molecular complexity index is 1000. The van der Waals surface area contributed by atoms with Crippen LogP contribution < -0.4 is 20.4 Å². The van der Waals surface area contributed by atoms with Crippen LogP contribution >= 0.6 is 0 Å². The van der Waals surface area contributed by atoms with Gasteiger partial charge in [-0.3, -0.25) is 0 Å². The third-order valence-electron chi connectivity index (χ3n) is 14.4. The zero-order valence-electron chi connectivity index (χ0n) is 50.6. The molecule has 4 atom stereocenters. The quantitative estimate of drug-likeness (QED) is 0.0328. The molecule has 456 valence electrons. The summed E-state index contributed by atoms with van der Waals surface area (Å²) in [6.07, 6.45) is 56.1. The Labute approximate surface area is 489 Å². The van der Waals surface area contributed by atoms with Crippen LogP contribution in [0.4, 0.5) is 0 Å². The molecule has 0 radical (unpaired) electrons. The van der Waals surface area contributed by atoms with Crippen molar-refractivity contribution in [2.24, 2.45) is 0 Å². The van der Waals surface area contributed by atoms with Crippen molar-refractivity contribution >= 4 is 23.9 Å². The molecule has 4 N–H and O–H groups in total. The molecule has 0 aliphatic rings. The van der Waals surface area contributed by atoms with Crippen LogP contribution in [0.2, 0.25) is 0 Å². The molecular weight excluding hydrogens is 1010 g/mol. The molecule has 0 fully saturated rings. The van der Waals surface area contributed by atoms with E-state index in [9.17, 15) is 39.6 Å². The number of hydrogen-bond donors (Lipinski definition) is 4. The maximum absolute atomic E-state index is 10.3. The summed E-state index contributed by atoms with van der Waals surface area (Å²) in [6.45, 7) is 8.97. The molecule has 4 unspecified atom stereocenters. The Balaban J connectivity index is -0.000000298. The second-order valence-electron chi connectivity index (χ2n) is 22.1. The molecule has 0 heterocycles. The van der Waals surface area contributed by atoms with Crippen molar-refractivity contribution < 1.29 is 81.7 Å². The predicted octanol–water partition coefficient (Wildman–Crippen LogP) is 12.8. The van der Waals surface area contributed by atoms with E-state index in [1.165, 1.54) is 231 Å². The van der Waals surface area contributed by atoms with E-state index in [4.69, 9.17) is 20.4 Å². The molecule has 0 aromatic rings. The number of aliphatic hydroxyl groups is 4. The molecule has 0 saturated heterocycles. The van der Waals surface area contributed by atoms with Crippen molar-refractivity contribution in [2.75, 3.05) is 0 Å². The van der Waals surface area contributed by atoms with Crippen LogP contribution in [-0.4, -0.2) is 68.7 Å². The van der Waals surface area contributed by atoms with Gasteiger partial charge in [0, 0.05) is 0 Å². The van der Waals surface area contributed by atoms with Gasteiger partial charge in [0.15, 0.2) is 0 Å². The first kappa shape index (κ1) is 84.2. The number of carboxylic acid groups (broad SMARTS) is 4.